The van der Waals surface area contributed by atoms with E-state index < -0.39 is 0 Å². The largest absolute Gasteiger partial charge is 0.397 e. The summed E-state index contributed by atoms with van der Waals surface area (Å²) in [7, 11) is 0. The fraction of sp³-hybridized carbons (Fsp3) is 0.500. The van der Waals surface area contributed by atoms with Crippen molar-refractivity contribution in [1.82, 2.24) is 4.98 Å². The quantitative estimate of drug-likeness (QED) is 0.876. The van der Waals surface area contributed by atoms with Crippen molar-refractivity contribution >= 4 is 27.4 Å². The molecule has 0 aliphatic carbocycles. The minimum Gasteiger partial charge on any atom is -0.397 e. The number of halogens is 1. The molecule has 1 rings (SSSR count). The molecule has 0 saturated carbocycles. The molecule has 1 heterocycles. The number of hydrogen-bond donors (Lipinski definition) is 2. The predicted octanol–water partition coefficient (Wildman–Crippen LogP) is 2.95. The monoisotopic (exact) mass is 257 g/mol. The SMILES string of the molecule is CCC(C)Nc1ncc(N)c(C)c1Br. The second kappa shape index (κ2) is 4.64. The molecule has 0 aliphatic rings. The summed E-state index contributed by atoms with van der Waals surface area (Å²) in [6, 6.07) is 0.418. The van der Waals surface area contributed by atoms with Gasteiger partial charge in [0.15, 0.2) is 0 Å². The zero-order valence-corrected chi connectivity index (χ0v) is 10.4. The molecule has 3 nitrogen and oxygen atoms in total. The van der Waals surface area contributed by atoms with Crippen molar-refractivity contribution in [2.45, 2.75) is 33.2 Å². The highest BCUT2D eigenvalue weighted by Gasteiger charge is 2.08. The van der Waals surface area contributed by atoms with Gasteiger partial charge in [0, 0.05) is 6.04 Å². The minimum atomic E-state index is 0.418. The van der Waals surface area contributed by atoms with Gasteiger partial charge in [-0.2, -0.15) is 0 Å². The van der Waals surface area contributed by atoms with Crippen LogP contribution in [0.4, 0.5) is 11.5 Å². The number of rotatable bonds is 3. The third-order valence-corrected chi connectivity index (χ3v) is 3.27. The lowest BCUT2D eigenvalue weighted by Crippen LogP contribution is -2.15. The van der Waals surface area contributed by atoms with Crippen molar-refractivity contribution in [3.63, 3.8) is 0 Å². The van der Waals surface area contributed by atoms with Gasteiger partial charge in [0.05, 0.1) is 16.4 Å². The zero-order valence-electron chi connectivity index (χ0n) is 8.76. The molecule has 14 heavy (non-hydrogen) atoms. The van der Waals surface area contributed by atoms with Crippen LogP contribution in [0.3, 0.4) is 0 Å². The number of nitrogens with two attached hydrogens (primary N) is 1. The Morgan fingerprint density at radius 2 is 2.29 bits per heavy atom. The third-order valence-electron chi connectivity index (χ3n) is 2.30. The van der Waals surface area contributed by atoms with E-state index in [2.05, 4.69) is 40.1 Å². The average molecular weight is 258 g/mol. The van der Waals surface area contributed by atoms with Crippen LogP contribution in [-0.4, -0.2) is 11.0 Å². The van der Waals surface area contributed by atoms with Gasteiger partial charge in [-0.1, -0.05) is 6.92 Å². The molecule has 0 spiro atoms. The van der Waals surface area contributed by atoms with Crippen LogP contribution in [0.1, 0.15) is 25.8 Å². The number of nitrogens with one attached hydrogen (secondary N) is 1. The summed E-state index contributed by atoms with van der Waals surface area (Å²) in [5, 5.41) is 3.31. The van der Waals surface area contributed by atoms with Gasteiger partial charge in [0.25, 0.3) is 0 Å². The standard InChI is InChI=1S/C10H16BrN3/c1-4-6(2)14-10-9(11)7(3)8(12)5-13-10/h5-6H,4,12H2,1-3H3,(H,13,14). The topological polar surface area (TPSA) is 50.9 Å². The normalized spacial score (nSPS) is 12.6. The molecule has 0 radical (unpaired) electrons. The molecule has 4 heteroatoms. The fourth-order valence-electron chi connectivity index (χ4n) is 1.03. The van der Waals surface area contributed by atoms with E-state index in [0.717, 1.165) is 22.3 Å². The van der Waals surface area contributed by atoms with Crippen LogP contribution in [-0.2, 0) is 0 Å². The molecule has 1 unspecified atom stereocenters. The van der Waals surface area contributed by atoms with Crippen LogP contribution < -0.4 is 11.1 Å². The fourth-order valence-corrected chi connectivity index (χ4v) is 1.47. The number of anilines is 2. The highest BCUT2D eigenvalue weighted by molar-refractivity contribution is 9.10. The maximum Gasteiger partial charge on any atom is 0.140 e. The van der Waals surface area contributed by atoms with Gasteiger partial charge in [0.2, 0.25) is 0 Å². The molecular weight excluding hydrogens is 242 g/mol. The van der Waals surface area contributed by atoms with E-state index in [1.165, 1.54) is 0 Å². The molecule has 0 bridgehead atoms. The Hall–Kier alpha value is -0.770. The molecule has 0 amide bonds. The van der Waals surface area contributed by atoms with Crippen LogP contribution in [0.15, 0.2) is 10.7 Å². The lowest BCUT2D eigenvalue weighted by Gasteiger charge is -2.15. The Balaban J connectivity index is 2.94. The summed E-state index contributed by atoms with van der Waals surface area (Å²) < 4.78 is 0.956. The lowest BCUT2D eigenvalue weighted by molar-refractivity contribution is 0.758. The molecule has 78 valence electrons. The first-order chi connectivity index (χ1) is 6.56. The maximum atomic E-state index is 5.73. The number of hydrogen-bond acceptors (Lipinski definition) is 3. The molecule has 0 saturated heterocycles. The third kappa shape index (κ3) is 2.38. The van der Waals surface area contributed by atoms with Crippen LogP contribution in [0.25, 0.3) is 0 Å². The molecule has 0 aromatic carbocycles. The Bertz CT molecular complexity index is 325. The molecule has 3 N–H and O–H groups in total. The van der Waals surface area contributed by atoms with Gasteiger partial charge in [-0.3, -0.25) is 0 Å². The second-order valence-corrected chi connectivity index (χ2v) is 4.25. The maximum absolute atomic E-state index is 5.73. The van der Waals surface area contributed by atoms with Crippen molar-refractivity contribution < 1.29 is 0 Å². The number of nitrogens with zero attached hydrogens (tertiary/aromatic N) is 1. The summed E-state index contributed by atoms with van der Waals surface area (Å²) in [5.74, 6) is 0.867. The molecular formula is C10H16BrN3. The first-order valence-corrected chi connectivity index (χ1v) is 5.52. The summed E-state index contributed by atoms with van der Waals surface area (Å²) in [6.07, 6.45) is 2.75. The van der Waals surface area contributed by atoms with E-state index in [4.69, 9.17) is 5.73 Å². The molecule has 0 fully saturated rings. The van der Waals surface area contributed by atoms with Crippen LogP contribution in [0.5, 0.6) is 0 Å². The van der Waals surface area contributed by atoms with Gasteiger partial charge in [-0.25, -0.2) is 4.98 Å². The number of aromatic nitrogens is 1. The molecule has 1 aromatic heterocycles. The van der Waals surface area contributed by atoms with Crippen molar-refractivity contribution in [3.8, 4) is 0 Å². The summed E-state index contributed by atoms with van der Waals surface area (Å²) >= 11 is 3.48. The summed E-state index contributed by atoms with van der Waals surface area (Å²) in [4.78, 5) is 4.24. The minimum absolute atomic E-state index is 0.418. The first-order valence-electron chi connectivity index (χ1n) is 4.73. The van der Waals surface area contributed by atoms with Crippen molar-refractivity contribution in [1.29, 1.82) is 0 Å². The highest BCUT2D eigenvalue weighted by Crippen LogP contribution is 2.28. The predicted molar refractivity (Wildman–Crippen MR) is 64.5 cm³/mol. The first kappa shape index (κ1) is 11.3. The van der Waals surface area contributed by atoms with E-state index >= 15 is 0 Å². The van der Waals surface area contributed by atoms with Crippen LogP contribution >= 0.6 is 15.9 Å². The second-order valence-electron chi connectivity index (χ2n) is 3.45. The summed E-state index contributed by atoms with van der Waals surface area (Å²) in [5.41, 5.74) is 7.48. The average Bonchev–Trinajstić information content (AvgIpc) is 2.19. The van der Waals surface area contributed by atoms with E-state index in [9.17, 15) is 0 Å². The molecule has 1 atom stereocenters. The lowest BCUT2D eigenvalue weighted by atomic mass is 10.2. The van der Waals surface area contributed by atoms with Gasteiger partial charge < -0.3 is 11.1 Å². The van der Waals surface area contributed by atoms with Gasteiger partial charge in [0.1, 0.15) is 5.82 Å². The van der Waals surface area contributed by atoms with Crippen LogP contribution in [0, 0.1) is 6.92 Å². The summed E-state index contributed by atoms with van der Waals surface area (Å²) in [6.45, 7) is 6.23. The van der Waals surface area contributed by atoms with Gasteiger partial charge in [-0.05, 0) is 41.8 Å². The van der Waals surface area contributed by atoms with Crippen molar-refractivity contribution in [3.05, 3.63) is 16.2 Å². The highest BCUT2D eigenvalue weighted by atomic mass is 79.9. The Morgan fingerprint density at radius 1 is 1.64 bits per heavy atom. The van der Waals surface area contributed by atoms with Crippen LogP contribution in [0.2, 0.25) is 0 Å². The Labute approximate surface area is 93.2 Å². The molecule has 0 aliphatic heterocycles. The van der Waals surface area contributed by atoms with Crippen molar-refractivity contribution in [2.75, 3.05) is 11.1 Å². The Morgan fingerprint density at radius 3 is 2.86 bits per heavy atom. The van der Waals surface area contributed by atoms with Gasteiger partial charge >= 0.3 is 0 Å². The van der Waals surface area contributed by atoms with E-state index in [1.807, 2.05) is 6.92 Å². The molecule has 1 aromatic rings. The number of pyridine rings is 1. The van der Waals surface area contributed by atoms with E-state index in [-0.39, 0.29) is 0 Å². The Kier molecular flexibility index (Phi) is 3.75. The number of nitrogen functional groups attached to an aromatic ring is 1. The van der Waals surface area contributed by atoms with Gasteiger partial charge in [-0.15, -0.1) is 0 Å². The van der Waals surface area contributed by atoms with Crippen molar-refractivity contribution in [2.24, 2.45) is 0 Å². The smallest absolute Gasteiger partial charge is 0.140 e. The van der Waals surface area contributed by atoms with E-state index in [1.54, 1.807) is 6.20 Å². The zero-order chi connectivity index (χ0) is 10.7. The van der Waals surface area contributed by atoms with E-state index in [0.29, 0.717) is 11.7 Å².